The Morgan fingerprint density at radius 3 is 2.46 bits per heavy atom. The fourth-order valence-corrected chi connectivity index (χ4v) is 4.15. The van der Waals surface area contributed by atoms with Crippen LogP contribution in [0.2, 0.25) is 0 Å². The molecule has 2 saturated heterocycles. The molecule has 1 amide bonds. The van der Waals surface area contributed by atoms with Crippen LogP contribution in [0.5, 0.6) is 0 Å². The van der Waals surface area contributed by atoms with E-state index in [1.165, 1.54) is 0 Å². The molecule has 5 nitrogen and oxygen atoms in total. The SMILES string of the molecule is O=C(N1CC[C@@](O)(CN2CCOCC2)C1)C1(c2ccccc2)CC1. The van der Waals surface area contributed by atoms with E-state index in [0.717, 1.165) is 44.7 Å². The Bertz CT molecular complexity index is 596. The average molecular weight is 330 g/mol. The van der Waals surface area contributed by atoms with Crippen molar-refractivity contribution < 1.29 is 14.6 Å². The molecule has 4 rings (SSSR count). The summed E-state index contributed by atoms with van der Waals surface area (Å²) in [6.07, 6.45) is 2.52. The summed E-state index contributed by atoms with van der Waals surface area (Å²) in [7, 11) is 0. The first kappa shape index (κ1) is 16.1. The molecule has 2 aliphatic heterocycles. The molecule has 1 atom stereocenters. The largest absolute Gasteiger partial charge is 0.387 e. The van der Waals surface area contributed by atoms with Gasteiger partial charge in [-0.3, -0.25) is 9.69 Å². The number of likely N-dealkylation sites (tertiary alicyclic amines) is 1. The summed E-state index contributed by atoms with van der Waals surface area (Å²) in [6.45, 7) is 4.95. The first-order chi connectivity index (χ1) is 11.6. The van der Waals surface area contributed by atoms with Gasteiger partial charge in [-0.15, -0.1) is 0 Å². The molecule has 130 valence electrons. The van der Waals surface area contributed by atoms with Gasteiger partial charge >= 0.3 is 0 Å². The van der Waals surface area contributed by atoms with Gasteiger partial charge < -0.3 is 14.7 Å². The summed E-state index contributed by atoms with van der Waals surface area (Å²) in [6, 6.07) is 10.1. The molecule has 0 aromatic heterocycles. The average Bonchev–Trinajstić information content (AvgIpc) is 3.34. The number of hydrogen-bond donors (Lipinski definition) is 1. The lowest BCUT2D eigenvalue weighted by molar-refractivity contribution is -0.134. The van der Waals surface area contributed by atoms with Gasteiger partial charge in [0.05, 0.1) is 30.8 Å². The highest BCUT2D eigenvalue weighted by molar-refractivity contribution is 5.91. The maximum Gasteiger partial charge on any atom is 0.233 e. The normalized spacial score (nSPS) is 29.6. The van der Waals surface area contributed by atoms with Gasteiger partial charge in [0.1, 0.15) is 0 Å². The molecule has 3 fully saturated rings. The predicted octanol–water partition coefficient (Wildman–Crippen LogP) is 1.01. The Balaban J connectivity index is 1.42. The Kier molecular flexibility index (Phi) is 4.11. The third-order valence-electron chi connectivity index (χ3n) is 5.73. The van der Waals surface area contributed by atoms with Crippen LogP contribution in [0.1, 0.15) is 24.8 Å². The second-order valence-corrected chi connectivity index (χ2v) is 7.54. The second kappa shape index (κ2) is 6.14. The van der Waals surface area contributed by atoms with Gasteiger partial charge in [-0.25, -0.2) is 0 Å². The van der Waals surface area contributed by atoms with Crippen LogP contribution in [0, 0.1) is 0 Å². The molecule has 1 aliphatic carbocycles. The molecule has 1 N–H and O–H groups in total. The maximum absolute atomic E-state index is 13.1. The van der Waals surface area contributed by atoms with Crippen LogP contribution in [0.25, 0.3) is 0 Å². The maximum atomic E-state index is 13.1. The number of β-amino-alcohol motifs (C(OH)–C–C–N with tert-alkyl or cyclic N) is 1. The van der Waals surface area contributed by atoms with Gasteiger partial charge in [-0.1, -0.05) is 30.3 Å². The van der Waals surface area contributed by atoms with E-state index in [9.17, 15) is 9.90 Å². The predicted molar refractivity (Wildman–Crippen MR) is 90.8 cm³/mol. The van der Waals surface area contributed by atoms with Gasteiger partial charge in [0.15, 0.2) is 0 Å². The number of hydrogen-bond acceptors (Lipinski definition) is 4. The fraction of sp³-hybridized carbons (Fsp3) is 0.632. The lowest BCUT2D eigenvalue weighted by Crippen LogP contribution is -2.49. The van der Waals surface area contributed by atoms with Crippen LogP contribution in [-0.2, 0) is 14.9 Å². The van der Waals surface area contributed by atoms with Gasteiger partial charge in [-0.2, -0.15) is 0 Å². The van der Waals surface area contributed by atoms with Crippen LogP contribution in [-0.4, -0.2) is 72.4 Å². The van der Waals surface area contributed by atoms with Crippen molar-refractivity contribution in [2.45, 2.75) is 30.3 Å². The quantitative estimate of drug-likeness (QED) is 0.895. The molecular formula is C19H26N2O3. The molecule has 24 heavy (non-hydrogen) atoms. The molecule has 5 heteroatoms. The van der Waals surface area contributed by atoms with Crippen molar-refractivity contribution in [3.63, 3.8) is 0 Å². The minimum atomic E-state index is -0.778. The first-order valence-electron chi connectivity index (χ1n) is 8.99. The van der Waals surface area contributed by atoms with E-state index < -0.39 is 5.60 Å². The molecule has 2 heterocycles. The fourth-order valence-electron chi connectivity index (χ4n) is 4.15. The molecule has 0 unspecified atom stereocenters. The van der Waals surface area contributed by atoms with Crippen molar-refractivity contribution in [3.05, 3.63) is 35.9 Å². The van der Waals surface area contributed by atoms with E-state index >= 15 is 0 Å². The van der Waals surface area contributed by atoms with Crippen molar-refractivity contribution >= 4 is 5.91 Å². The van der Waals surface area contributed by atoms with E-state index in [0.29, 0.717) is 26.1 Å². The molecule has 0 radical (unpaired) electrons. The number of amides is 1. The topological polar surface area (TPSA) is 53.0 Å². The number of benzene rings is 1. The summed E-state index contributed by atoms with van der Waals surface area (Å²) < 4.78 is 5.37. The molecule has 0 spiro atoms. The third-order valence-corrected chi connectivity index (χ3v) is 5.73. The molecule has 1 saturated carbocycles. The highest BCUT2D eigenvalue weighted by Gasteiger charge is 2.55. The lowest BCUT2D eigenvalue weighted by Gasteiger charge is -2.34. The van der Waals surface area contributed by atoms with Crippen molar-refractivity contribution in [3.8, 4) is 0 Å². The van der Waals surface area contributed by atoms with Gasteiger partial charge in [0.25, 0.3) is 0 Å². The van der Waals surface area contributed by atoms with Crippen molar-refractivity contribution in [2.75, 3.05) is 45.9 Å². The Labute approximate surface area is 143 Å². The summed E-state index contributed by atoms with van der Waals surface area (Å²) in [4.78, 5) is 17.2. The standard InChI is InChI=1S/C19H26N2O3/c22-17(19(6-7-19)16-4-2-1-3-5-16)21-9-8-18(23,15-21)14-20-10-12-24-13-11-20/h1-5,23H,6-15H2/t18-/m1/s1. The second-order valence-electron chi connectivity index (χ2n) is 7.54. The Hall–Kier alpha value is -1.43. The molecule has 0 bridgehead atoms. The first-order valence-corrected chi connectivity index (χ1v) is 8.99. The van der Waals surface area contributed by atoms with Crippen LogP contribution in [0.3, 0.4) is 0 Å². The van der Waals surface area contributed by atoms with E-state index in [-0.39, 0.29) is 11.3 Å². The minimum absolute atomic E-state index is 0.201. The minimum Gasteiger partial charge on any atom is -0.387 e. The van der Waals surface area contributed by atoms with Crippen molar-refractivity contribution in [1.29, 1.82) is 0 Å². The molecule has 1 aromatic carbocycles. The summed E-state index contributed by atoms with van der Waals surface area (Å²) >= 11 is 0. The molecule has 1 aromatic rings. The third kappa shape index (κ3) is 2.96. The summed E-state index contributed by atoms with van der Waals surface area (Å²) in [5, 5.41) is 10.9. The number of carbonyl (C=O) groups is 1. The van der Waals surface area contributed by atoms with Crippen LogP contribution < -0.4 is 0 Å². The number of aliphatic hydroxyl groups is 1. The summed E-state index contributed by atoms with van der Waals surface area (Å²) in [5.74, 6) is 0.201. The van der Waals surface area contributed by atoms with E-state index in [1.54, 1.807) is 0 Å². The zero-order valence-corrected chi connectivity index (χ0v) is 14.1. The van der Waals surface area contributed by atoms with Gasteiger partial charge in [0.2, 0.25) is 5.91 Å². The Morgan fingerprint density at radius 1 is 1.08 bits per heavy atom. The number of morpholine rings is 1. The van der Waals surface area contributed by atoms with Gasteiger partial charge in [-0.05, 0) is 24.8 Å². The number of nitrogens with zero attached hydrogens (tertiary/aromatic N) is 2. The van der Waals surface area contributed by atoms with Crippen LogP contribution >= 0.6 is 0 Å². The monoisotopic (exact) mass is 330 g/mol. The number of carbonyl (C=O) groups excluding carboxylic acids is 1. The molecule has 3 aliphatic rings. The van der Waals surface area contributed by atoms with E-state index in [1.807, 2.05) is 23.1 Å². The lowest BCUT2D eigenvalue weighted by atomic mass is 9.94. The van der Waals surface area contributed by atoms with Crippen LogP contribution in [0.15, 0.2) is 30.3 Å². The highest BCUT2D eigenvalue weighted by Crippen LogP contribution is 2.50. The number of ether oxygens (including phenoxy) is 1. The number of rotatable bonds is 4. The van der Waals surface area contributed by atoms with Crippen molar-refractivity contribution in [2.24, 2.45) is 0 Å². The smallest absolute Gasteiger partial charge is 0.233 e. The highest BCUT2D eigenvalue weighted by atomic mass is 16.5. The molecular weight excluding hydrogens is 304 g/mol. The van der Waals surface area contributed by atoms with Crippen molar-refractivity contribution in [1.82, 2.24) is 9.80 Å². The van der Waals surface area contributed by atoms with E-state index in [2.05, 4.69) is 17.0 Å². The Morgan fingerprint density at radius 2 is 1.79 bits per heavy atom. The van der Waals surface area contributed by atoms with Gasteiger partial charge in [0, 0.05) is 26.2 Å². The zero-order chi connectivity index (χ0) is 16.6. The van der Waals surface area contributed by atoms with E-state index in [4.69, 9.17) is 4.74 Å². The van der Waals surface area contributed by atoms with Crippen LogP contribution in [0.4, 0.5) is 0 Å². The summed E-state index contributed by atoms with van der Waals surface area (Å²) in [5.41, 5.74) is 0.0178. The zero-order valence-electron chi connectivity index (χ0n) is 14.1.